The summed E-state index contributed by atoms with van der Waals surface area (Å²) in [4.78, 5) is 27.2. The van der Waals surface area contributed by atoms with Crippen LogP contribution in [0.2, 0.25) is 0 Å². The number of nitrogens with zero attached hydrogens (tertiary/aromatic N) is 2. The summed E-state index contributed by atoms with van der Waals surface area (Å²) in [5, 5.41) is 0. The van der Waals surface area contributed by atoms with Gasteiger partial charge in [-0.1, -0.05) is 0 Å². The molecule has 1 aromatic carbocycles. The average Bonchev–Trinajstić information content (AvgIpc) is 2.53. The molecule has 22 heavy (non-hydrogen) atoms. The van der Waals surface area contributed by atoms with Crippen LogP contribution >= 0.6 is 0 Å². The predicted octanol–water partition coefficient (Wildman–Crippen LogP) is 0.858. The molecular weight excluding hydrogens is 282 g/mol. The van der Waals surface area contributed by atoms with E-state index in [9.17, 15) is 9.59 Å². The van der Waals surface area contributed by atoms with Crippen molar-refractivity contribution in [3.05, 3.63) is 29.8 Å². The SMILES string of the molecule is COC(=O)c1ccc(N2CCN(C(C)C(N)=O)C(C)C2)cc1. The van der Waals surface area contributed by atoms with Gasteiger partial charge in [0, 0.05) is 31.4 Å². The molecule has 6 heteroatoms. The Hall–Kier alpha value is -2.08. The van der Waals surface area contributed by atoms with E-state index < -0.39 is 0 Å². The molecule has 1 amide bonds. The van der Waals surface area contributed by atoms with Gasteiger partial charge in [0.1, 0.15) is 0 Å². The molecule has 1 aliphatic rings. The number of ether oxygens (including phenoxy) is 1. The summed E-state index contributed by atoms with van der Waals surface area (Å²) in [6, 6.07) is 7.36. The van der Waals surface area contributed by atoms with Crippen molar-refractivity contribution in [1.82, 2.24) is 4.90 Å². The number of rotatable bonds is 4. The van der Waals surface area contributed by atoms with Crippen LogP contribution in [0.3, 0.4) is 0 Å². The minimum Gasteiger partial charge on any atom is -0.465 e. The molecule has 6 nitrogen and oxygen atoms in total. The minimum absolute atomic E-state index is 0.233. The van der Waals surface area contributed by atoms with Crippen LogP contribution in [0.4, 0.5) is 5.69 Å². The number of primary amides is 1. The standard InChI is InChI=1S/C16H23N3O3/c1-11-10-18(8-9-19(11)12(2)15(17)20)14-6-4-13(5-7-14)16(21)22-3/h4-7,11-12H,8-10H2,1-3H3,(H2,17,20). The van der Waals surface area contributed by atoms with Crippen LogP contribution in [0.15, 0.2) is 24.3 Å². The Morgan fingerprint density at radius 3 is 2.41 bits per heavy atom. The van der Waals surface area contributed by atoms with Gasteiger partial charge in [0.05, 0.1) is 18.7 Å². The first-order valence-corrected chi connectivity index (χ1v) is 7.42. The molecule has 0 saturated carbocycles. The molecule has 120 valence electrons. The number of nitrogens with two attached hydrogens (primary N) is 1. The molecule has 1 saturated heterocycles. The molecule has 2 atom stereocenters. The molecule has 1 aromatic rings. The number of benzene rings is 1. The summed E-state index contributed by atoms with van der Waals surface area (Å²) in [5.74, 6) is -0.622. The van der Waals surface area contributed by atoms with Crippen molar-refractivity contribution in [3.63, 3.8) is 0 Å². The Labute approximate surface area is 130 Å². The van der Waals surface area contributed by atoms with Gasteiger partial charge in [-0.05, 0) is 38.1 Å². The van der Waals surface area contributed by atoms with Crippen LogP contribution in [-0.4, -0.2) is 55.6 Å². The van der Waals surface area contributed by atoms with Crippen LogP contribution < -0.4 is 10.6 Å². The van der Waals surface area contributed by atoms with Crippen molar-refractivity contribution in [1.29, 1.82) is 0 Å². The van der Waals surface area contributed by atoms with Gasteiger partial charge in [0.2, 0.25) is 5.91 Å². The third-order valence-corrected chi connectivity index (χ3v) is 4.24. The smallest absolute Gasteiger partial charge is 0.337 e. The highest BCUT2D eigenvalue weighted by atomic mass is 16.5. The fourth-order valence-electron chi connectivity index (χ4n) is 2.87. The molecule has 0 spiro atoms. The van der Waals surface area contributed by atoms with E-state index >= 15 is 0 Å². The van der Waals surface area contributed by atoms with E-state index in [1.165, 1.54) is 7.11 Å². The highest BCUT2D eigenvalue weighted by molar-refractivity contribution is 5.89. The minimum atomic E-state index is -0.333. The fourth-order valence-corrected chi connectivity index (χ4v) is 2.87. The van der Waals surface area contributed by atoms with Crippen LogP contribution in [-0.2, 0) is 9.53 Å². The lowest BCUT2D eigenvalue weighted by Crippen LogP contribution is -2.57. The van der Waals surface area contributed by atoms with Crippen molar-refractivity contribution in [2.45, 2.75) is 25.9 Å². The quantitative estimate of drug-likeness (QED) is 0.835. The van der Waals surface area contributed by atoms with Crippen LogP contribution in [0.25, 0.3) is 0 Å². The first-order valence-electron chi connectivity index (χ1n) is 7.42. The molecule has 1 aliphatic heterocycles. The van der Waals surface area contributed by atoms with Gasteiger partial charge in [0.15, 0.2) is 0 Å². The van der Waals surface area contributed by atoms with Crippen molar-refractivity contribution < 1.29 is 14.3 Å². The van der Waals surface area contributed by atoms with Crippen LogP contribution in [0.5, 0.6) is 0 Å². The lowest BCUT2D eigenvalue weighted by molar-refractivity contribution is -0.123. The number of piperazine rings is 1. The van der Waals surface area contributed by atoms with Crippen molar-refractivity contribution >= 4 is 17.6 Å². The molecule has 1 heterocycles. The summed E-state index contributed by atoms with van der Waals surface area (Å²) >= 11 is 0. The molecule has 2 rings (SSSR count). The van der Waals surface area contributed by atoms with Crippen molar-refractivity contribution in [2.24, 2.45) is 5.73 Å². The van der Waals surface area contributed by atoms with Crippen molar-refractivity contribution in [2.75, 3.05) is 31.6 Å². The van der Waals surface area contributed by atoms with Gasteiger partial charge in [-0.3, -0.25) is 9.69 Å². The molecular formula is C16H23N3O3. The molecule has 1 fully saturated rings. The number of hydrogen-bond acceptors (Lipinski definition) is 5. The van der Waals surface area contributed by atoms with Gasteiger partial charge >= 0.3 is 5.97 Å². The number of amides is 1. The van der Waals surface area contributed by atoms with E-state index in [4.69, 9.17) is 10.5 Å². The number of esters is 1. The summed E-state index contributed by atoms with van der Waals surface area (Å²) in [5.41, 5.74) is 7.00. The highest BCUT2D eigenvalue weighted by Crippen LogP contribution is 2.21. The van der Waals surface area contributed by atoms with Crippen molar-refractivity contribution in [3.8, 4) is 0 Å². The second-order valence-electron chi connectivity index (χ2n) is 5.65. The zero-order valence-electron chi connectivity index (χ0n) is 13.3. The Kier molecular flexibility index (Phi) is 5.03. The number of carbonyl (C=O) groups is 2. The second kappa shape index (κ2) is 6.79. The Bertz CT molecular complexity index is 544. The highest BCUT2D eigenvalue weighted by Gasteiger charge is 2.29. The zero-order valence-corrected chi connectivity index (χ0v) is 13.3. The van der Waals surface area contributed by atoms with Gasteiger partial charge in [-0.15, -0.1) is 0 Å². The maximum Gasteiger partial charge on any atom is 0.337 e. The van der Waals surface area contributed by atoms with E-state index in [0.717, 1.165) is 25.3 Å². The summed E-state index contributed by atoms with van der Waals surface area (Å²) < 4.78 is 4.70. The molecule has 0 aromatic heterocycles. The number of carbonyl (C=O) groups excluding carboxylic acids is 2. The third kappa shape index (κ3) is 3.39. The average molecular weight is 305 g/mol. The van der Waals surface area contributed by atoms with Crippen LogP contribution in [0.1, 0.15) is 24.2 Å². The predicted molar refractivity (Wildman–Crippen MR) is 84.8 cm³/mol. The second-order valence-corrected chi connectivity index (χ2v) is 5.65. The zero-order chi connectivity index (χ0) is 16.3. The molecule has 0 bridgehead atoms. The fraction of sp³-hybridized carbons (Fsp3) is 0.500. The number of methoxy groups -OCH3 is 1. The maximum atomic E-state index is 11.4. The first-order chi connectivity index (χ1) is 10.4. The van der Waals surface area contributed by atoms with Gasteiger partial charge in [-0.2, -0.15) is 0 Å². The lowest BCUT2D eigenvalue weighted by Gasteiger charge is -2.43. The van der Waals surface area contributed by atoms with E-state index in [1.54, 1.807) is 12.1 Å². The van der Waals surface area contributed by atoms with E-state index in [-0.39, 0.29) is 24.0 Å². The van der Waals surface area contributed by atoms with Gasteiger partial charge in [-0.25, -0.2) is 4.79 Å². The number of hydrogen-bond donors (Lipinski definition) is 1. The van der Waals surface area contributed by atoms with Gasteiger partial charge in [0.25, 0.3) is 0 Å². The van der Waals surface area contributed by atoms with E-state index in [0.29, 0.717) is 5.56 Å². The molecule has 0 radical (unpaired) electrons. The lowest BCUT2D eigenvalue weighted by atomic mass is 10.1. The Morgan fingerprint density at radius 2 is 1.91 bits per heavy atom. The third-order valence-electron chi connectivity index (χ3n) is 4.24. The molecule has 0 aliphatic carbocycles. The van der Waals surface area contributed by atoms with Crippen LogP contribution in [0, 0.1) is 0 Å². The summed E-state index contributed by atoms with van der Waals surface area (Å²) in [6.45, 7) is 6.35. The van der Waals surface area contributed by atoms with Gasteiger partial charge < -0.3 is 15.4 Å². The van der Waals surface area contributed by atoms with E-state index in [2.05, 4.69) is 16.7 Å². The Morgan fingerprint density at radius 1 is 1.27 bits per heavy atom. The summed E-state index contributed by atoms with van der Waals surface area (Å²) in [6.07, 6.45) is 0. The maximum absolute atomic E-state index is 11.4. The normalized spacial score (nSPS) is 20.5. The largest absolute Gasteiger partial charge is 0.465 e. The Balaban J connectivity index is 2.04. The summed E-state index contributed by atoms with van der Waals surface area (Å²) in [7, 11) is 1.37. The van der Waals surface area contributed by atoms with E-state index in [1.807, 2.05) is 19.1 Å². The topological polar surface area (TPSA) is 75.9 Å². The molecule has 2 unspecified atom stereocenters. The number of anilines is 1. The molecule has 2 N–H and O–H groups in total. The monoisotopic (exact) mass is 305 g/mol. The first kappa shape index (κ1) is 16.3.